The average Bonchev–Trinajstić information content (AvgIpc) is 3.18. The monoisotopic (exact) mass is 817 g/mol. The number of esters is 1. The number of β-lactam (4-membered cyclic amide) rings is 1. The van der Waals surface area contributed by atoms with Crippen molar-refractivity contribution in [2.75, 3.05) is 0 Å². The maximum absolute atomic E-state index is 13.9. The van der Waals surface area contributed by atoms with E-state index in [-0.39, 0.29) is 18.8 Å². The van der Waals surface area contributed by atoms with E-state index < -0.39 is 90.6 Å². The number of halogens is 3. The van der Waals surface area contributed by atoms with E-state index in [1.54, 1.807) is 74.5 Å². The number of aliphatic carboxylic acids is 1. The van der Waals surface area contributed by atoms with Gasteiger partial charge in [0.15, 0.2) is 6.04 Å². The number of carbonyl (C=O) groups excluding carboxylic acids is 4. The summed E-state index contributed by atoms with van der Waals surface area (Å²) in [5, 5.41) is 36.3. The van der Waals surface area contributed by atoms with Gasteiger partial charge in [0.1, 0.15) is 12.7 Å². The molecule has 2 heterocycles. The number of hydroxylamine groups is 1. The van der Waals surface area contributed by atoms with Gasteiger partial charge in [-0.15, -0.1) is 5.48 Å². The number of hydrazine groups is 1. The molecular formula is C39H46F3N5O11. The van der Waals surface area contributed by atoms with Gasteiger partial charge >= 0.3 is 30.2 Å². The fourth-order valence-electron chi connectivity index (χ4n) is 6.28. The van der Waals surface area contributed by atoms with Gasteiger partial charge in [-0.2, -0.15) is 13.2 Å². The zero-order chi connectivity index (χ0) is 42.8. The third-order valence-corrected chi connectivity index (χ3v) is 9.47. The van der Waals surface area contributed by atoms with Crippen molar-refractivity contribution in [3.63, 3.8) is 0 Å². The van der Waals surface area contributed by atoms with Crippen LogP contribution in [-0.2, 0) is 52.9 Å². The zero-order valence-electron chi connectivity index (χ0n) is 32.0. The number of carbonyl (C=O) groups is 5. The Bertz CT molecular complexity index is 1860. The fourth-order valence-corrected chi connectivity index (χ4v) is 6.28. The standard InChI is InChI=1S/C39H46F3N5O11/c1-22(2)29-30(34(51)52)47(33(29)50)45-27(18-24-12-7-5-8-13-24)31(48)32(49)28(19-25-14-9-6-10-15-25)46-58-35(53)38(23(3)4,57-36(54)39(40,41)42)44-37(55)56-21-26-16-11-17-43-20-26/h5-17,20,22-23,27-32,45-46,48-49H,18-19,21H2,1-4H3,(H,44,55)(H,51,52)/t27-,28-,29?,30?,31-,32+,38?/m0/s1. The second kappa shape index (κ2) is 19.7. The predicted octanol–water partition coefficient (Wildman–Crippen LogP) is 2.83. The lowest BCUT2D eigenvalue weighted by Crippen LogP contribution is -2.73. The normalized spacial score (nSPS) is 18.6. The summed E-state index contributed by atoms with van der Waals surface area (Å²) in [4.78, 5) is 73.5. The van der Waals surface area contributed by atoms with Gasteiger partial charge in [0.25, 0.3) is 5.72 Å². The lowest BCUT2D eigenvalue weighted by atomic mass is 9.80. The molecule has 16 nitrogen and oxygen atoms in total. The molecule has 19 heteroatoms. The smallest absolute Gasteiger partial charge is 0.480 e. The second-order valence-electron chi connectivity index (χ2n) is 14.3. The van der Waals surface area contributed by atoms with E-state index in [9.17, 15) is 52.5 Å². The molecular weight excluding hydrogens is 771 g/mol. The Morgan fingerprint density at radius 3 is 1.88 bits per heavy atom. The Balaban J connectivity index is 1.65. The first-order valence-electron chi connectivity index (χ1n) is 18.2. The maximum atomic E-state index is 13.9. The molecule has 3 aromatic rings. The minimum absolute atomic E-state index is 0.0612. The molecule has 0 spiro atoms. The highest BCUT2D eigenvalue weighted by atomic mass is 19.4. The summed E-state index contributed by atoms with van der Waals surface area (Å²) in [6.07, 6.45) is -8.39. The number of hydrogen-bond donors (Lipinski definition) is 6. The number of ether oxygens (including phenoxy) is 2. The Labute approximate surface area is 331 Å². The zero-order valence-corrected chi connectivity index (χ0v) is 32.0. The van der Waals surface area contributed by atoms with Crippen molar-refractivity contribution < 1.29 is 66.8 Å². The lowest BCUT2D eigenvalue weighted by molar-refractivity contribution is -0.229. The van der Waals surface area contributed by atoms with Gasteiger partial charge in [-0.05, 0) is 36.0 Å². The summed E-state index contributed by atoms with van der Waals surface area (Å²) in [6, 6.07) is 15.8. The van der Waals surface area contributed by atoms with E-state index in [2.05, 4.69) is 20.6 Å². The van der Waals surface area contributed by atoms with E-state index in [1.807, 2.05) is 5.32 Å². The van der Waals surface area contributed by atoms with Crippen molar-refractivity contribution in [3.05, 3.63) is 102 Å². The summed E-state index contributed by atoms with van der Waals surface area (Å²) < 4.78 is 50.3. The Hall–Kier alpha value is -5.63. The van der Waals surface area contributed by atoms with Gasteiger partial charge in [-0.25, -0.2) is 24.6 Å². The molecule has 4 rings (SSSR count). The van der Waals surface area contributed by atoms with Crippen LogP contribution in [0.4, 0.5) is 18.0 Å². The maximum Gasteiger partial charge on any atom is 0.491 e. The summed E-state index contributed by atoms with van der Waals surface area (Å²) in [5.74, 6) is -9.12. The van der Waals surface area contributed by atoms with Crippen LogP contribution in [-0.4, -0.2) is 97.5 Å². The van der Waals surface area contributed by atoms with Crippen LogP contribution < -0.4 is 16.2 Å². The van der Waals surface area contributed by atoms with Crippen molar-refractivity contribution in [2.45, 2.75) is 89.4 Å². The first-order chi connectivity index (χ1) is 27.3. The molecule has 2 aromatic carbocycles. The number of aliphatic hydroxyl groups is 2. The van der Waals surface area contributed by atoms with E-state index in [0.29, 0.717) is 16.7 Å². The van der Waals surface area contributed by atoms with E-state index in [1.165, 1.54) is 24.5 Å². The van der Waals surface area contributed by atoms with Crippen molar-refractivity contribution in [1.29, 1.82) is 0 Å². The minimum atomic E-state index is -5.63. The van der Waals surface area contributed by atoms with Crippen LogP contribution in [0.1, 0.15) is 44.4 Å². The molecule has 0 radical (unpaired) electrons. The van der Waals surface area contributed by atoms with Gasteiger partial charge in [0.2, 0.25) is 5.91 Å². The largest absolute Gasteiger partial charge is 0.491 e. The summed E-state index contributed by atoms with van der Waals surface area (Å²) in [6.45, 7) is 5.24. The van der Waals surface area contributed by atoms with E-state index in [4.69, 9.17) is 9.57 Å². The highest BCUT2D eigenvalue weighted by Crippen LogP contribution is 2.33. The van der Waals surface area contributed by atoms with Crippen molar-refractivity contribution in [3.8, 4) is 0 Å². The van der Waals surface area contributed by atoms with Crippen LogP contribution in [0.25, 0.3) is 0 Å². The van der Waals surface area contributed by atoms with Crippen molar-refractivity contribution in [1.82, 2.24) is 26.2 Å². The summed E-state index contributed by atoms with van der Waals surface area (Å²) >= 11 is 0. The van der Waals surface area contributed by atoms with Crippen LogP contribution >= 0.6 is 0 Å². The summed E-state index contributed by atoms with van der Waals surface area (Å²) in [5.41, 5.74) is 3.38. The molecule has 3 unspecified atom stereocenters. The van der Waals surface area contributed by atoms with Gasteiger partial charge in [-0.3, -0.25) is 20.1 Å². The minimum Gasteiger partial charge on any atom is -0.480 e. The highest BCUT2D eigenvalue weighted by Gasteiger charge is 2.56. The van der Waals surface area contributed by atoms with Crippen LogP contribution in [0.3, 0.4) is 0 Å². The number of carboxylic acids is 1. The van der Waals surface area contributed by atoms with Gasteiger partial charge in [-0.1, -0.05) is 94.4 Å². The molecule has 2 amide bonds. The quantitative estimate of drug-likeness (QED) is 0.0337. The van der Waals surface area contributed by atoms with Gasteiger partial charge in [0.05, 0.1) is 24.1 Å². The number of nitrogens with zero attached hydrogens (tertiary/aromatic N) is 2. The Morgan fingerprint density at radius 2 is 1.38 bits per heavy atom. The SMILES string of the molecule is CC(C)C1C(=O)N(N[C@@H](Cc2ccccc2)[C@H](O)[C@H](O)[C@H](Cc2ccccc2)NOC(=O)C(NC(=O)OCc2cccnc2)(OC(=O)C(F)(F)F)C(C)C)C1C(=O)O. The molecule has 0 bridgehead atoms. The van der Waals surface area contributed by atoms with Crippen LogP contribution in [0.2, 0.25) is 0 Å². The number of carboxylic acid groups (broad SMARTS) is 1. The predicted molar refractivity (Wildman–Crippen MR) is 196 cm³/mol. The van der Waals surface area contributed by atoms with Crippen LogP contribution in [0.15, 0.2) is 85.2 Å². The number of alkyl carbamates (subject to hydrolysis) is 1. The number of alkyl halides is 3. The Morgan fingerprint density at radius 1 is 0.828 bits per heavy atom. The molecule has 0 saturated carbocycles. The number of aliphatic hydroxyl groups excluding tert-OH is 2. The molecule has 1 saturated heterocycles. The van der Waals surface area contributed by atoms with Crippen LogP contribution in [0.5, 0.6) is 0 Å². The van der Waals surface area contributed by atoms with Crippen molar-refractivity contribution in [2.24, 2.45) is 17.8 Å². The third-order valence-electron chi connectivity index (χ3n) is 9.47. The third kappa shape index (κ3) is 11.3. The number of amides is 2. The molecule has 1 fully saturated rings. The molecule has 6 N–H and O–H groups in total. The number of rotatable bonds is 19. The number of pyridine rings is 1. The first kappa shape index (κ1) is 45.1. The van der Waals surface area contributed by atoms with Crippen molar-refractivity contribution >= 4 is 29.9 Å². The van der Waals surface area contributed by atoms with Crippen LogP contribution in [0, 0.1) is 17.8 Å². The second-order valence-corrected chi connectivity index (χ2v) is 14.3. The molecule has 1 aliphatic rings. The van der Waals surface area contributed by atoms with E-state index in [0.717, 1.165) is 18.9 Å². The highest BCUT2D eigenvalue weighted by molar-refractivity contribution is 5.96. The van der Waals surface area contributed by atoms with Gasteiger partial charge < -0.3 is 29.6 Å². The fraction of sp³-hybridized carbons (Fsp3) is 0.436. The topological polar surface area (TPSA) is 226 Å². The number of aromatic nitrogens is 1. The molecule has 7 atom stereocenters. The molecule has 1 aromatic heterocycles. The molecule has 58 heavy (non-hydrogen) atoms. The Kier molecular flexibility index (Phi) is 15.3. The van der Waals surface area contributed by atoms with Gasteiger partial charge in [0, 0.05) is 23.9 Å². The summed E-state index contributed by atoms with van der Waals surface area (Å²) in [7, 11) is 0. The lowest BCUT2D eigenvalue weighted by Gasteiger charge is -2.48. The number of hydrogen-bond acceptors (Lipinski definition) is 13. The number of benzene rings is 2. The van der Waals surface area contributed by atoms with E-state index >= 15 is 0 Å². The molecule has 0 aliphatic carbocycles. The number of nitrogens with one attached hydrogen (secondary N) is 3. The molecule has 314 valence electrons. The molecule has 1 aliphatic heterocycles. The average molecular weight is 818 g/mol. The first-order valence-corrected chi connectivity index (χ1v) is 18.2.